The van der Waals surface area contributed by atoms with Crippen LogP contribution in [0.5, 0.6) is 0 Å². The molecule has 0 unspecified atom stereocenters. The van der Waals surface area contributed by atoms with Crippen LogP contribution in [0.4, 0.5) is 9.18 Å². The third kappa shape index (κ3) is 6.39. The van der Waals surface area contributed by atoms with Gasteiger partial charge in [0, 0.05) is 31.9 Å². The molecule has 192 valence electrons. The van der Waals surface area contributed by atoms with Gasteiger partial charge in [0.2, 0.25) is 15.0 Å². The fourth-order valence-electron chi connectivity index (χ4n) is 4.55. The maximum Gasteiger partial charge on any atom is 0.317 e. The van der Waals surface area contributed by atoms with E-state index in [0.717, 1.165) is 25.7 Å². The largest absolute Gasteiger partial charge is 0.376 e. The number of carbonyl (C=O) groups is 1. The first-order valence-electron chi connectivity index (χ1n) is 12.1. The quantitative estimate of drug-likeness (QED) is 0.530. The number of benzene rings is 1. The van der Waals surface area contributed by atoms with Crippen LogP contribution in [-0.4, -0.2) is 67.4 Å². The number of urea groups is 1. The average molecular weight is 509 g/mol. The minimum absolute atomic E-state index is 0.0589. The predicted molar refractivity (Wildman–Crippen MR) is 127 cm³/mol. The van der Waals surface area contributed by atoms with E-state index in [0.29, 0.717) is 38.5 Å². The van der Waals surface area contributed by atoms with E-state index in [2.05, 4.69) is 10.3 Å². The molecule has 9 nitrogen and oxygen atoms in total. The van der Waals surface area contributed by atoms with Crippen molar-refractivity contribution in [2.24, 2.45) is 0 Å². The molecule has 2 amide bonds. The minimum Gasteiger partial charge on any atom is -0.376 e. The van der Waals surface area contributed by atoms with Gasteiger partial charge >= 0.3 is 6.03 Å². The van der Waals surface area contributed by atoms with Crippen LogP contribution < -0.4 is 5.32 Å². The second-order valence-corrected chi connectivity index (χ2v) is 10.9. The van der Waals surface area contributed by atoms with E-state index in [-0.39, 0.29) is 35.5 Å². The molecule has 2 atom stereocenters. The molecule has 0 saturated carbocycles. The zero-order chi connectivity index (χ0) is 24.8. The Bertz CT molecular complexity index is 1110. The fourth-order valence-corrected chi connectivity index (χ4v) is 6.06. The van der Waals surface area contributed by atoms with Crippen molar-refractivity contribution in [2.75, 3.05) is 26.3 Å². The summed E-state index contributed by atoms with van der Waals surface area (Å²) in [4.78, 5) is 18.7. The molecule has 11 heteroatoms. The lowest BCUT2D eigenvalue weighted by atomic mass is 10.2. The summed E-state index contributed by atoms with van der Waals surface area (Å²) in [6.45, 7) is 4.47. The Morgan fingerprint density at radius 2 is 1.91 bits per heavy atom. The number of ether oxygens (including phenoxy) is 2. The van der Waals surface area contributed by atoms with Crippen molar-refractivity contribution in [3.05, 3.63) is 47.5 Å². The van der Waals surface area contributed by atoms with Crippen LogP contribution in [-0.2, 0) is 38.2 Å². The van der Waals surface area contributed by atoms with Crippen LogP contribution in [0, 0.1) is 5.82 Å². The lowest BCUT2D eigenvalue weighted by Crippen LogP contribution is -2.43. The summed E-state index contributed by atoms with van der Waals surface area (Å²) in [7, 11) is -3.96. The molecule has 0 bridgehead atoms. The topological polar surface area (TPSA) is 103 Å². The third-order valence-corrected chi connectivity index (χ3v) is 7.88. The van der Waals surface area contributed by atoms with Crippen LogP contribution in [0.3, 0.4) is 0 Å². The number of aromatic nitrogens is 2. The summed E-state index contributed by atoms with van der Waals surface area (Å²) in [5.74, 6) is -1.08. The molecule has 1 aromatic heterocycles. The van der Waals surface area contributed by atoms with Crippen molar-refractivity contribution in [3.8, 4) is 0 Å². The van der Waals surface area contributed by atoms with Crippen LogP contribution in [0.1, 0.15) is 43.9 Å². The molecule has 0 aliphatic carbocycles. The Balaban J connectivity index is 1.64. The van der Waals surface area contributed by atoms with Gasteiger partial charge in [0.1, 0.15) is 5.82 Å². The SMILES string of the molecule is CCNC(=O)N(Cc1cnc(S(=O)(=O)Cc2ccccc2F)n1C[C@H]1CCCO1)C[C@H]1CCCO1. The van der Waals surface area contributed by atoms with Gasteiger partial charge in [-0.15, -0.1) is 0 Å². The summed E-state index contributed by atoms with van der Waals surface area (Å²) in [5, 5.41) is 2.69. The molecular formula is C24H33FN4O5S. The van der Waals surface area contributed by atoms with Gasteiger partial charge in [0.15, 0.2) is 0 Å². The van der Waals surface area contributed by atoms with E-state index in [1.807, 2.05) is 6.92 Å². The number of sulfone groups is 1. The van der Waals surface area contributed by atoms with Crippen molar-refractivity contribution in [3.63, 3.8) is 0 Å². The number of imidazole rings is 1. The predicted octanol–water partition coefficient (Wildman–Crippen LogP) is 2.89. The zero-order valence-electron chi connectivity index (χ0n) is 20.0. The highest BCUT2D eigenvalue weighted by Crippen LogP contribution is 2.24. The van der Waals surface area contributed by atoms with Crippen molar-refractivity contribution in [2.45, 2.75) is 68.8 Å². The Morgan fingerprint density at radius 3 is 2.57 bits per heavy atom. The number of hydrogen-bond donors (Lipinski definition) is 1. The van der Waals surface area contributed by atoms with Crippen molar-refractivity contribution in [1.82, 2.24) is 19.8 Å². The number of amides is 2. The molecule has 2 aliphatic heterocycles. The molecule has 1 N–H and O–H groups in total. The number of halogens is 1. The standard InChI is InChI=1S/C24H33FN4O5S/c1-2-26-23(30)28(15-20-8-5-11-33-20)14-19-13-27-24(29(19)16-21-9-6-12-34-21)35(31,32)17-18-7-3-4-10-22(18)25/h3-4,7,10,13,20-21H,2,5-6,8-9,11-12,14-17H2,1H3,(H,26,30)/t20-,21-/m1/s1. The number of nitrogens with one attached hydrogen (secondary N) is 1. The molecule has 0 radical (unpaired) electrons. The van der Waals surface area contributed by atoms with E-state index in [4.69, 9.17) is 9.47 Å². The van der Waals surface area contributed by atoms with Gasteiger partial charge in [-0.3, -0.25) is 0 Å². The second kappa shape index (κ2) is 11.5. The summed E-state index contributed by atoms with van der Waals surface area (Å²) in [6, 6.07) is 5.58. The summed E-state index contributed by atoms with van der Waals surface area (Å²) >= 11 is 0. The van der Waals surface area contributed by atoms with E-state index in [1.165, 1.54) is 24.4 Å². The first kappa shape index (κ1) is 25.6. The summed E-state index contributed by atoms with van der Waals surface area (Å²) < 4.78 is 54.1. The smallest absolute Gasteiger partial charge is 0.317 e. The maximum atomic E-state index is 14.2. The lowest BCUT2D eigenvalue weighted by Gasteiger charge is -2.26. The maximum absolute atomic E-state index is 14.2. The number of rotatable bonds is 10. The molecule has 2 aromatic rings. The first-order chi connectivity index (χ1) is 16.9. The normalized spacial score (nSPS) is 20.3. The van der Waals surface area contributed by atoms with Crippen LogP contribution in [0.15, 0.2) is 35.6 Å². The van der Waals surface area contributed by atoms with E-state index in [1.54, 1.807) is 15.5 Å². The van der Waals surface area contributed by atoms with Gasteiger partial charge in [-0.05, 0) is 38.7 Å². The highest BCUT2D eigenvalue weighted by molar-refractivity contribution is 7.90. The Kier molecular flexibility index (Phi) is 8.40. The molecule has 1 aromatic carbocycles. The number of carbonyl (C=O) groups excluding carboxylic acids is 1. The molecule has 2 fully saturated rings. The van der Waals surface area contributed by atoms with E-state index in [9.17, 15) is 17.6 Å². The molecule has 2 aliphatic rings. The molecular weight excluding hydrogens is 475 g/mol. The van der Waals surface area contributed by atoms with Gasteiger partial charge in [0.25, 0.3) is 0 Å². The van der Waals surface area contributed by atoms with Crippen molar-refractivity contribution >= 4 is 15.9 Å². The van der Waals surface area contributed by atoms with Gasteiger partial charge in [-0.2, -0.15) is 0 Å². The molecule has 35 heavy (non-hydrogen) atoms. The fraction of sp³-hybridized carbons (Fsp3) is 0.583. The minimum atomic E-state index is -3.96. The zero-order valence-corrected chi connectivity index (χ0v) is 20.8. The van der Waals surface area contributed by atoms with Gasteiger partial charge in [0.05, 0.1) is 42.9 Å². The third-order valence-electron chi connectivity index (χ3n) is 6.31. The number of hydrogen-bond acceptors (Lipinski definition) is 6. The highest BCUT2D eigenvalue weighted by Gasteiger charge is 2.30. The summed E-state index contributed by atoms with van der Waals surface area (Å²) in [6.07, 6.45) is 4.80. The van der Waals surface area contributed by atoms with Gasteiger partial charge in [-0.25, -0.2) is 22.6 Å². The van der Waals surface area contributed by atoms with Crippen LogP contribution >= 0.6 is 0 Å². The molecule has 0 spiro atoms. The number of nitrogens with zero attached hydrogens (tertiary/aromatic N) is 3. The Labute approximate surface area is 205 Å². The van der Waals surface area contributed by atoms with Crippen LogP contribution in [0.25, 0.3) is 0 Å². The van der Waals surface area contributed by atoms with E-state index < -0.39 is 21.4 Å². The lowest BCUT2D eigenvalue weighted by molar-refractivity contribution is 0.0772. The Morgan fingerprint density at radius 1 is 1.20 bits per heavy atom. The molecule has 4 rings (SSSR count). The Hall–Kier alpha value is -2.50. The van der Waals surface area contributed by atoms with Gasteiger partial charge < -0.3 is 24.3 Å². The first-order valence-corrected chi connectivity index (χ1v) is 13.8. The summed E-state index contributed by atoms with van der Waals surface area (Å²) in [5.41, 5.74) is 0.667. The van der Waals surface area contributed by atoms with Crippen molar-refractivity contribution < 1.29 is 27.1 Å². The van der Waals surface area contributed by atoms with E-state index >= 15 is 0 Å². The molecule has 3 heterocycles. The van der Waals surface area contributed by atoms with Gasteiger partial charge in [-0.1, -0.05) is 18.2 Å². The van der Waals surface area contributed by atoms with Crippen molar-refractivity contribution in [1.29, 1.82) is 0 Å². The second-order valence-electron chi connectivity index (χ2n) is 8.98. The van der Waals surface area contributed by atoms with Crippen LogP contribution in [0.2, 0.25) is 0 Å². The monoisotopic (exact) mass is 508 g/mol. The highest BCUT2D eigenvalue weighted by atomic mass is 32.2. The average Bonchev–Trinajstić information content (AvgIpc) is 3.59. The molecule has 2 saturated heterocycles.